The van der Waals surface area contributed by atoms with Gasteiger partial charge < -0.3 is 19.1 Å². The summed E-state index contributed by atoms with van der Waals surface area (Å²) in [5.74, 6) is 0. The van der Waals surface area contributed by atoms with Crippen molar-refractivity contribution in [3.05, 3.63) is 29.5 Å². The first-order valence-corrected chi connectivity index (χ1v) is 8.19. The molecule has 0 amide bonds. The number of ether oxygens (including phenoxy) is 1. The Morgan fingerprint density at radius 3 is 2.73 bits per heavy atom. The zero-order chi connectivity index (χ0) is 15.4. The minimum atomic E-state index is 0.317. The van der Waals surface area contributed by atoms with Gasteiger partial charge in [0.25, 0.3) is 0 Å². The van der Waals surface area contributed by atoms with E-state index < -0.39 is 0 Å². The van der Waals surface area contributed by atoms with Crippen molar-refractivity contribution in [1.82, 2.24) is 9.47 Å². The second-order valence-corrected chi connectivity index (χ2v) is 7.00. The molecule has 2 bridgehead atoms. The third kappa shape index (κ3) is 1.97. The van der Waals surface area contributed by atoms with E-state index >= 15 is 0 Å². The van der Waals surface area contributed by atoms with Gasteiger partial charge in [0.15, 0.2) is 0 Å². The van der Waals surface area contributed by atoms with Gasteiger partial charge in [-0.25, -0.2) is 0 Å². The van der Waals surface area contributed by atoms with Crippen molar-refractivity contribution < 1.29 is 4.74 Å². The number of rotatable bonds is 4. The first-order chi connectivity index (χ1) is 10.6. The van der Waals surface area contributed by atoms with Crippen LogP contribution < -0.4 is 4.90 Å². The molecule has 0 N–H and O–H groups in total. The van der Waals surface area contributed by atoms with Crippen LogP contribution in [0.1, 0.15) is 36.2 Å². The normalized spacial score (nSPS) is 22.8. The molecule has 0 spiro atoms. The topological polar surface area (TPSA) is 20.6 Å². The Hall–Kier alpha value is -1.52. The third-order valence-electron chi connectivity index (χ3n) is 5.19. The van der Waals surface area contributed by atoms with E-state index in [2.05, 4.69) is 60.9 Å². The molecule has 0 aliphatic carbocycles. The van der Waals surface area contributed by atoms with Crippen LogP contribution in [0.2, 0.25) is 0 Å². The molecule has 0 saturated carbocycles. The Kier molecular flexibility index (Phi) is 3.20. The van der Waals surface area contributed by atoms with Gasteiger partial charge in [-0.15, -0.1) is 0 Å². The van der Waals surface area contributed by atoms with Gasteiger partial charge in [0.1, 0.15) is 0 Å². The lowest BCUT2D eigenvalue weighted by Gasteiger charge is -2.25. The molecular formula is C18H25N3O. The summed E-state index contributed by atoms with van der Waals surface area (Å²) in [5.41, 5.74) is 5.59. The van der Waals surface area contributed by atoms with Crippen LogP contribution in [-0.4, -0.2) is 43.7 Å². The third-order valence-corrected chi connectivity index (χ3v) is 5.19. The smallest absolute Gasteiger partial charge is 0.0858 e. The summed E-state index contributed by atoms with van der Waals surface area (Å²) in [6.07, 6.45) is 5.17. The molecule has 4 nitrogen and oxygen atoms in total. The largest absolute Gasteiger partial charge is 0.373 e. The van der Waals surface area contributed by atoms with Gasteiger partial charge in [0.2, 0.25) is 0 Å². The van der Waals surface area contributed by atoms with E-state index in [-0.39, 0.29) is 0 Å². The van der Waals surface area contributed by atoms with Gasteiger partial charge in [-0.1, -0.05) is 0 Å². The summed E-state index contributed by atoms with van der Waals surface area (Å²) >= 11 is 0. The Morgan fingerprint density at radius 2 is 1.95 bits per heavy atom. The highest BCUT2D eigenvalue weighted by atomic mass is 16.5. The number of aryl methyl sites for hydroxylation is 1. The summed E-state index contributed by atoms with van der Waals surface area (Å²) in [5, 5.41) is 1.36. The number of nitrogens with zero attached hydrogens (tertiary/aromatic N) is 3. The van der Waals surface area contributed by atoms with Crippen molar-refractivity contribution >= 4 is 16.6 Å². The SMILES string of the molecule is CN(C)CCN(C)c1cc2c(c3c1ccn3C)C1CCC2O1. The van der Waals surface area contributed by atoms with E-state index in [0.29, 0.717) is 12.2 Å². The van der Waals surface area contributed by atoms with E-state index in [9.17, 15) is 0 Å². The van der Waals surface area contributed by atoms with E-state index in [1.54, 1.807) is 0 Å². The molecule has 22 heavy (non-hydrogen) atoms. The fraction of sp³-hybridized carbons (Fsp3) is 0.556. The fourth-order valence-corrected chi connectivity index (χ4v) is 3.98. The summed E-state index contributed by atoms with van der Waals surface area (Å²) in [6, 6.07) is 4.64. The minimum Gasteiger partial charge on any atom is -0.373 e. The first-order valence-electron chi connectivity index (χ1n) is 8.19. The summed E-state index contributed by atoms with van der Waals surface area (Å²) in [4.78, 5) is 4.62. The molecule has 3 heterocycles. The maximum absolute atomic E-state index is 6.17. The van der Waals surface area contributed by atoms with Gasteiger partial charge in [-0.05, 0) is 44.6 Å². The maximum atomic E-state index is 6.17. The standard InChI is InChI=1S/C18H25N3O/c1-19(2)9-10-20(3)14-11-13-15-5-6-16(22-15)17(13)18-12(14)7-8-21(18)4/h7-8,11,15-16H,5-6,9-10H2,1-4H3. The Morgan fingerprint density at radius 1 is 1.18 bits per heavy atom. The van der Waals surface area contributed by atoms with Crippen LogP contribution in [0.5, 0.6) is 0 Å². The van der Waals surface area contributed by atoms with Crippen LogP contribution in [0.25, 0.3) is 10.9 Å². The van der Waals surface area contributed by atoms with E-state index in [1.807, 2.05) is 0 Å². The van der Waals surface area contributed by atoms with Crippen LogP contribution in [0, 0.1) is 0 Å². The number of aromatic nitrogens is 1. The zero-order valence-electron chi connectivity index (χ0n) is 14.0. The quantitative estimate of drug-likeness (QED) is 0.865. The Bertz CT molecular complexity index is 719. The number of anilines is 1. The van der Waals surface area contributed by atoms with Gasteiger partial charge in [0.05, 0.1) is 17.7 Å². The molecule has 2 aliphatic rings. The van der Waals surface area contributed by atoms with Crippen molar-refractivity contribution in [3.63, 3.8) is 0 Å². The summed E-state index contributed by atoms with van der Waals surface area (Å²) in [6.45, 7) is 2.09. The zero-order valence-corrected chi connectivity index (χ0v) is 14.0. The molecule has 1 aromatic carbocycles. The number of hydrogen-bond donors (Lipinski definition) is 0. The molecule has 2 aliphatic heterocycles. The highest BCUT2D eigenvalue weighted by Gasteiger charge is 2.40. The highest BCUT2D eigenvalue weighted by Crippen LogP contribution is 2.54. The van der Waals surface area contributed by atoms with E-state index in [4.69, 9.17) is 4.74 Å². The van der Waals surface area contributed by atoms with Crippen LogP contribution in [-0.2, 0) is 11.8 Å². The monoisotopic (exact) mass is 299 g/mol. The Labute approximate surface area is 132 Å². The number of hydrogen-bond acceptors (Lipinski definition) is 3. The number of fused-ring (bicyclic) bond motifs is 7. The van der Waals surface area contributed by atoms with E-state index in [0.717, 1.165) is 13.1 Å². The second-order valence-electron chi connectivity index (χ2n) is 7.00. The predicted molar refractivity (Wildman–Crippen MR) is 90.5 cm³/mol. The molecule has 2 atom stereocenters. The summed E-state index contributed by atoms with van der Waals surface area (Å²) in [7, 11) is 8.60. The van der Waals surface area contributed by atoms with Gasteiger partial charge in [-0.2, -0.15) is 0 Å². The van der Waals surface area contributed by atoms with Crippen molar-refractivity contribution in [2.45, 2.75) is 25.0 Å². The van der Waals surface area contributed by atoms with Crippen LogP contribution in [0.4, 0.5) is 5.69 Å². The average Bonchev–Trinajstić information content (AvgIpc) is 3.18. The molecule has 1 saturated heterocycles. The molecule has 2 unspecified atom stereocenters. The lowest BCUT2D eigenvalue weighted by atomic mass is 9.89. The lowest BCUT2D eigenvalue weighted by Crippen LogP contribution is -2.28. The molecule has 1 aromatic heterocycles. The van der Waals surface area contributed by atoms with Crippen molar-refractivity contribution in [1.29, 1.82) is 0 Å². The van der Waals surface area contributed by atoms with Gasteiger partial charge >= 0.3 is 0 Å². The average molecular weight is 299 g/mol. The molecule has 118 valence electrons. The number of likely N-dealkylation sites (N-methyl/N-ethyl adjacent to an activating group) is 2. The maximum Gasteiger partial charge on any atom is 0.0858 e. The summed E-state index contributed by atoms with van der Waals surface area (Å²) < 4.78 is 8.43. The first kappa shape index (κ1) is 14.1. The van der Waals surface area contributed by atoms with Crippen molar-refractivity contribution in [2.75, 3.05) is 39.1 Å². The van der Waals surface area contributed by atoms with Crippen LogP contribution in [0.15, 0.2) is 18.3 Å². The van der Waals surface area contributed by atoms with Crippen LogP contribution >= 0.6 is 0 Å². The van der Waals surface area contributed by atoms with Gasteiger partial charge in [0, 0.05) is 50.0 Å². The molecule has 2 aromatic rings. The van der Waals surface area contributed by atoms with E-state index in [1.165, 1.54) is 40.6 Å². The fourth-order valence-electron chi connectivity index (χ4n) is 3.98. The van der Waals surface area contributed by atoms with Crippen molar-refractivity contribution in [2.24, 2.45) is 7.05 Å². The number of benzene rings is 1. The van der Waals surface area contributed by atoms with Crippen LogP contribution in [0.3, 0.4) is 0 Å². The highest BCUT2D eigenvalue weighted by molar-refractivity contribution is 5.97. The molecule has 1 fully saturated rings. The molecule has 4 heteroatoms. The second kappa shape index (κ2) is 5.00. The van der Waals surface area contributed by atoms with Crippen molar-refractivity contribution in [3.8, 4) is 0 Å². The minimum absolute atomic E-state index is 0.317. The Balaban J connectivity index is 1.83. The molecular weight excluding hydrogens is 274 g/mol. The predicted octanol–water partition coefficient (Wildman–Crippen LogP) is 3.08. The molecule has 4 rings (SSSR count). The lowest BCUT2D eigenvalue weighted by molar-refractivity contribution is 0.0720. The molecule has 0 radical (unpaired) electrons. The van der Waals surface area contributed by atoms with Gasteiger partial charge in [-0.3, -0.25) is 0 Å².